The first kappa shape index (κ1) is 11.8. The van der Waals surface area contributed by atoms with Gasteiger partial charge in [0.1, 0.15) is 0 Å². The van der Waals surface area contributed by atoms with Crippen LogP contribution >= 0.6 is 22.7 Å². The molecule has 0 aliphatic heterocycles. The van der Waals surface area contributed by atoms with Crippen LogP contribution in [0.25, 0.3) is 31.0 Å². The van der Waals surface area contributed by atoms with E-state index in [1.165, 1.54) is 31.0 Å². The van der Waals surface area contributed by atoms with Gasteiger partial charge in [0.25, 0.3) is 0 Å². The summed E-state index contributed by atoms with van der Waals surface area (Å²) in [7, 11) is 0. The fourth-order valence-corrected chi connectivity index (χ4v) is 4.21. The van der Waals surface area contributed by atoms with Gasteiger partial charge in [0.15, 0.2) is 0 Å². The molecule has 3 heteroatoms. The smallest absolute Gasteiger partial charge is 0.0449 e. The van der Waals surface area contributed by atoms with Crippen LogP contribution in [0.5, 0.6) is 0 Å². The molecular weight excluding hydrogens is 282 g/mol. The van der Waals surface area contributed by atoms with Crippen molar-refractivity contribution in [3.8, 4) is 20.2 Å². The number of fused-ring (bicyclic) bond motifs is 1. The second-order valence-electron chi connectivity index (χ2n) is 4.55. The van der Waals surface area contributed by atoms with Gasteiger partial charge < -0.3 is 0 Å². The largest absolute Gasteiger partial charge is 0.263 e. The van der Waals surface area contributed by atoms with Gasteiger partial charge in [-0.25, -0.2) is 0 Å². The molecule has 0 radical (unpaired) electrons. The van der Waals surface area contributed by atoms with Gasteiger partial charge in [0, 0.05) is 38.0 Å². The Morgan fingerprint density at radius 1 is 0.750 bits per heavy atom. The van der Waals surface area contributed by atoms with Crippen LogP contribution in [-0.4, -0.2) is 4.98 Å². The van der Waals surface area contributed by atoms with Crippen molar-refractivity contribution in [3.05, 3.63) is 66.3 Å². The van der Waals surface area contributed by atoms with Crippen molar-refractivity contribution in [3.63, 3.8) is 0 Å². The lowest BCUT2D eigenvalue weighted by molar-refractivity contribution is 1.37. The van der Waals surface area contributed by atoms with Gasteiger partial charge in [-0.2, -0.15) is 0 Å². The van der Waals surface area contributed by atoms with E-state index < -0.39 is 0 Å². The zero-order valence-electron chi connectivity index (χ0n) is 10.6. The van der Waals surface area contributed by atoms with E-state index in [1.54, 1.807) is 11.3 Å². The summed E-state index contributed by atoms with van der Waals surface area (Å²) in [6.45, 7) is 0. The Hall–Kier alpha value is -1.97. The topological polar surface area (TPSA) is 12.9 Å². The maximum atomic E-state index is 4.37. The minimum atomic E-state index is 1.19. The Bertz CT molecular complexity index is 854. The van der Waals surface area contributed by atoms with Crippen molar-refractivity contribution in [2.45, 2.75) is 0 Å². The molecule has 0 saturated heterocycles. The van der Waals surface area contributed by atoms with Crippen LogP contribution < -0.4 is 0 Å². The van der Waals surface area contributed by atoms with Crippen molar-refractivity contribution < 1.29 is 0 Å². The minimum Gasteiger partial charge on any atom is -0.263 e. The number of pyridine rings is 1. The molecule has 1 nitrogen and oxygen atoms in total. The Morgan fingerprint density at radius 2 is 1.65 bits per heavy atom. The molecule has 20 heavy (non-hydrogen) atoms. The van der Waals surface area contributed by atoms with E-state index in [9.17, 15) is 0 Å². The normalized spacial score (nSPS) is 11.0. The predicted molar refractivity (Wildman–Crippen MR) is 88.4 cm³/mol. The third-order valence-electron chi connectivity index (χ3n) is 3.30. The van der Waals surface area contributed by atoms with Gasteiger partial charge in [-0.3, -0.25) is 4.98 Å². The molecule has 4 rings (SSSR count). The molecule has 0 saturated carbocycles. The second-order valence-corrected chi connectivity index (χ2v) is 6.58. The van der Waals surface area contributed by atoms with E-state index in [1.807, 2.05) is 23.7 Å². The highest BCUT2D eigenvalue weighted by atomic mass is 32.1. The highest BCUT2D eigenvalue weighted by Crippen LogP contribution is 2.38. The van der Waals surface area contributed by atoms with Gasteiger partial charge in [-0.1, -0.05) is 30.3 Å². The summed E-state index contributed by atoms with van der Waals surface area (Å²) in [6.07, 6.45) is 3.89. The Balaban J connectivity index is 1.88. The monoisotopic (exact) mass is 293 g/mol. The summed E-state index contributed by atoms with van der Waals surface area (Å²) >= 11 is 3.61. The van der Waals surface area contributed by atoms with Crippen LogP contribution in [-0.2, 0) is 0 Å². The number of hydrogen-bond donors (Lipinski definition) is 0. The van der Waals surface area contributed by atoms with Crippen LogP contribution in [0.1, 0.15) is 0 Å². The standard InChI is InChI=1S/C17H11NS2/c1-2-5-13-12(4-1)10-18-11-14(13)15-7-8-17(20-15)16-6-3-9-19-16/h1-11H. The first-order chi connectivity index (χ1) is 9.92. The molecule has 0 aliphatic rings. The van der Waals surface area contributed by atoms with Gasteiger partial charge in [-0.15, -0.1) is 22.7 Å². The number of rotatable bonds is 2. The van der Waals surface area contributed by atoms with Crippen molar-refractivity contribution in [2.24, 2.45) is 0 Å². The maximum Gasteiger partial charge on any atom is 0.0449 e. The van der Waals surface area contributed by atoms with Crippen LogP contribution in [0.2, 0.25) is 0 Å². The molecule has 0 spiro atoms. The summed E-state index contributed by atoms with van der Waals surface area (Å²) in [5.41, 5.74) is 1.22. The van der Waals surface area contributed by atoms with Gasteiger partial charge >= 0.3 is 0 Å². The molecule has 3 aromatic heterocycles. The lowest BCUT2D eigenvalue weighted by Gasteiger charge is -2.03. The van der Waals surface area contributed by atoms with Crippen molar-refractivity contribution >= 4 is 33.4 Å². The zero-order valence-corrected chi connectivity index (χ0v) is 12.2. The SMILES string of the molecule is c1csc(-c2ccc(-c3cncc4ccccc34)s2)c1. The average Bonchev–Trinajstić information content (AvgIpc) is 3.17. The third-order valence-corrected chi connectivity index (χ3v) is 5.49. The quantitative estimate of drug-likeness (QED) is 0.462. The van der Waals surface area contributed by atoms with E-state index in [0.29, 0.717) is 0 Å². The predicted octanol–water partition coefficient (Wildman–Crippen LogP) is 5.69. The van der Waals surface area contributed by atoms with Crippen LogP contribution in [0.4, 0.5) is 0 Å². The van der Waals surface area contributed by atoms with Gasteiger partial charge in [0.05, 0.1) is 0 Å². The van der Waals surface area contributed by atoms with Crippen molar-refractivity contribution in [1.82, 2.24) is 4.98 Å². The summed E-state index contributed by atoms with van der Waals surface area (Å²) in [5, 5.41) is 4.58. The molecule has 0 unspecified atom stereocenters. The Morgan fingerprint density at radius 3 is 2.55 bits per heavy atom. The molecular formula is C17H11NS2. The fourth-order valence-electron chi connectivity index (χ4n) is 2.35. The minimum absolute atomic E-state index is 1.19. The molecule has 0 atom stereocenters. The van der Waals surface area contributed by atoms with Crippen LogP contribution in [0.3, 0.4) is 0 Å². The van der Waals surface area contributed by atoms with Crippen molar-refractivity contribution in [1.29, 1.82) is 0 Å². The first-order valence-corrected chi connectivity index (χ1v) is 8.08. The molecule has 0 aliphatic carbocycles. The summed E-state index contributed by atoms with van der Waals surface area (Å²) < 4.78 is 0. The maximum absolute atomic E-state index is 4.37. The van der Waals surface area contributed by atoms with Crippen molar-refractivity contribution in [2.75, 3.05) is 0 Å². The number of nitrogens with zero attached hydrogens (tertiary/aromatic N) is 1. The summed E-state index contributed by atoms with van der Waals surface area (Å²) in [6, 6.07) is 17.1. The molecule has 0 amide bonds. The lowest BCUT2D eigenvalue weighted by Crippen LogP contribution is -1.80. The summed E-state index contributed by atoms with van der Waals surface area (Å²) in [4.78, 5) is 8.30. The number of aromatic nitrogens is 1. The highest BCUT2D eigenvalue weighted by molar-refractivity contribution is 7.23. The molecule has 4 aromatic rings. The van der Waals surface area contributed by atoms with Gasteiger partial charge in [-0.05, 0) is 29.0 Å². The molecule has 3 heterocycles. The number of thiophene rings is 2. The molecule has 1 aromatic carbocycles. The van der Waals surface area contributed by atoms with E-state index in [4.69, 9.17) is 0 Å². The van der Waals surface area contributed by atoms with E-state index in [-0.39, 0.29) is 0 Å². The number of hydrogen-bond acceptors (Lipinski definition) is 3. The zero-order chi connectivity index (χ0) is 13.4. The fraction of sp³-hybridized carbons (Fsp3) is 0. The molecule has 0 N–H and O–H groups in total. The Kier molecular flexibility index (Phi) is 2.87. The van der Waals surface area contributed by atoms with Crippen LogP contribution in [0, 0.1) is 0 Å². The molecule has 96 valence electrons. The lowest BCUT2D eigenvalue weighted by atomic mass is 10.1. The first-order valence-electron chi connectivity index (χ1n) is 6.39. The number of benzene rings is 1. The average molecular weight is 293 g/mol. The third kappa shape index (κ3) is 1.96. The van der Waals surface area contributed by atoms with E-state index in [2.05, 4.69) is 58.9 Å². The van der Waals surface area contributed by atoms with Gasteiger partial charge in [0.2, 0.25) is 0 Å². The highest BCUT2D eigenvalue weighted by Gasteiger charge is 2.08. The van der Waals surface area contributed by atoms with E-state index >= 15 is 0 Å². The molecule has 0 bridgehead atoms. The molecule has 0 fully saturated rings. The Labute approximate surface area is 125 Å². The van der Waals surface area contributed by atoms with Crippen LogP contribution in [0.15, 0.2) is 66.3 Å². The second kappa shape index (κ2) is 4.85. The summed E-state index contributed by atoms with van der Waals surface area (Å²) in [5.74, 6) is 0. The van der Waals surface area contributed by atoms with E-state index in [0.717, 1.165) is 0 Å².